The quantitative estimate of drug-likeness (QED) is 0.658. The fraction of sp³-hybridized carbons (Fsp3) is 0.846. The molecular weight excluding hydrogens is 244 g/mol. The molecule has 18 heavy (non-hydrogen) atoms. The van der Waals surface area contributed by atoms with Crippen molar-refractivity contribution in [2.24, 2.45) is 13.0 Å². The van der Waals surface area contributed by atoms with E-state index < -0.39 is 0 Å². The average Bonchev–Trinajstić information content (AvgIpc) is 2.68. The number of aryl methyl sites for hydroxylation is 1. The molecule has 0 unspecified atom stereocenters. The number of nitrogens with zero attached hydrogens (tertiary/aromatic N) is 3. The van der Waals surface area contributed by atoms with Gasteiger partial charge in [-0.05, 0) is 38.5 Å². The minimum absolute atomic E-state index is 0.739. The molecule has 1 N–H and O–H groups in total. The van der Waals surface area contributed by atoms with Gasteiger partial charge in [0.1, 0.15) is 5.82 Å². The summed E-state index contributed by atoms with van der Waals surface area (Å²) in [5, 5.41) is 12.9. The van der Waals surface area contributed by atoms with Crippen LogP contribution in [0.25, 0.3) is 0 Å². The molecule has 1 aromatic heterocycles. The molecule has 0 radical (unpaired) electrons. The molecule has 0 bridgehead atoms. The second kappa shape index (κ2) is 6.57. The zero-order valence-electron chi connectivity index (χ0n) is 11.6. The highest BCUT2D eigenvalue weighted by Gasteiger charge is 2.17. The highest BCUT2D eigenvalue weighted by Crippen LogP contribution is 2.23. The molecule has 2 rings (SSSR count). The van der Waals surface area contributed by atoms with Crippen molar-refractivity contribution >= 4 is 11.8 Å². The van der Waals surface area contributed by atoms with Crippen LogP contribution in [0.3, 0.4) is 0 Å². The molecule has 0 aliphatic heterocycles. The lowest BCUT2D eigenvalue weighted by Crippen LogP contribution is -2.34. The van der Waals surface area contributed by atoms with Crippen LogP contribution < -0.4 is 5.32 Å². The molecule has 0 amide bonds. The Morgan fingerprint density at radius 3 is 2.61 bits per heavy atom. The Labute approximate surface area is 114 Å². The Bertz CT molecular complexity index is 369. The SMILES string of the molecule is Cc1nnc(SCCNC2CCC(C)CC2)n1C. The highest BCUT2D eigenvalue weighted by molar-refractivity contribution is 7.99. The molecule has 102 valence electrons. The van der Waals surface area contributed by atoms with Gasteiger partial charge in [-0.25, -0.2) is 0 Å². The number of aromatic nitrogens is 3. The maximum Gasteiger partial charge on any atom is 0.190 e. The summed E-state index contributed by atoms with van der Waals surface area (Å²) in [6.45, 7) is 5.41. The van der Waals surface area contributed by atoms with Crippen molar-refractivity contribution < 1.29 is 0 Å². The molecule has 5 heteroatoms. The highest BCUT2D eigenvalue weighted by atomic mass is 32.2. The summed E-state index contributed by atoms with van der Waals surface area (Å²) in [4.78, 5) is 0. The number of nitrogens with one attached hydrogen (secondary N) is 1. The standard InChI is InChI=1S/C13H24N4S/c1-10-4-6-12(7-5-10)14-8-9-18-13-16-15-11(2)17(13)3/h10,12,14H,4-9H2,1-3H3. The summed E-state index contributed by atoms with van der Waals surface area (Å²) in [7, 11) is 2.02. The van der Waals surface area contributed by atoms with E-state index in [9.17, 15) is 0 Å². The van der Waals surface area contributed by atoms with Crippen molar-refractivity contribution in [2.45, 2.75) is 50.7 Å². The van der Waals surface area contributed by atoms with Gasteiger partial charge in [0.15, 0.2) is 5.16 Å². The van der Waals surface area contributed by atoms with Crippen molar-refractivity contribution in [3.05, 3.63) is 5.82 Å². The fourth-order valence-electron chi connectivity index (χ4n) is 2.38. The third kappa shape index (κ3) is 3.72. The maximum atomic E-state index is 4.16. The summed E-state index contributed by atoms with van der Waals surface area (Å²) in [6.07, 6.45) is 5.45. The lowest BCUT2D eigenvalue weighted by Gasteiger charge is -2.26. The molecular formula is C13H24N4S. The fourth-order valence-corrected chi connectivity index (χ4v) is 3.21. The van der Waals surface area contributed by atoms with Crippen molar-refractivity contribution in [1.82, 2.24) is 20.1 Å². The van der Waals surface area contributed by atoms with Crippen LogP contribution in [0.5, 0.6) is 0 Å². The van der Waals surface area contributed by atoms with Gasteiger partial charge in [0, 0.05) is 25.4 Å². The Kier molecular flexibility index (Phi) is 5.06. The van der Waals surface area contributed by atoms with E-state index in [2.05, 4.69) is 22.4 Å². The van der Waals surface area contributed by atoms with Gasteiger partial charge in [0.2, 0.25) is 0 Å². The minimum atomic E-state index is 0.739. The Morgan fingerprint density at radius 2 is 2.00 bits per heavy atom. The first kappa shape index (κ1) is 13.9. The van der Waals surface area contributed by atoms with Gasteiger partial charge in [0.05, 0.1) is 0 Å². The molecule has 4 nitrogen and oxygen atoms in total. The van der Waals surface area contributed by atoms with Gasteiger partial charge in [0.25, 0.3) is 0 Å². The van der Waals surface area contributed by atoms with Crippen LogP contribution >= 0.6 is 11.8 Å². The van der Waals surface area contributed by atoms with Crippen LogP contribution in [-0.2, 0) is 7.05 Å². The third-order valence-electron chi connectivity index (χ3n) is 3.83. The second-order valence-electron chi connectivity index (χ2n) is 5.35. The van der Waals surface area contributed by atoms with Crippen LogP contribution in [0.1, 0.15) is 38.4 Å². The molecule has 1 aliphatic carbocycles. The van der Waals surface area contributed by atoms with Gasteiger partial charge in [-0.2, -0.15) is 0 Å². The summed E-state index contributed by atoms with van der Waals surface area (Å²) in [5.41, 5.74) is 0. The minimum Gasteiger partial charge on any atom is -0.313 e. The second-order valence-corrected chi connectivity index (χ2v) is 6.41. The zero-order chi connectivity index (χ0) is 13.0. The van der Waals surface area contributed by atoms with E-state index in [0.717, 1.165) is 35.2 Å². The molecule has 1 aliphatic rings. The van der Waals surface area contributed by atoms with Crippen LogP contribution in [-0.4, -0.2) is 33.1 Å². The number of hydrogen-bond acceptors (Lipinski definition) is 4. The van der Waals surface area contributed by atoms with Gasteiger partial charge in [-0.3, -0.25) is 0 Å². The van der Waals surface area contributed by atoms with Crippen molar-refractivity contribution in [3.63, 3.8) is 0 Å². The van der Waals surface area contributed by atoms with E-state index in [1.165, 1.54) is 25.7 Å². The number of rotatable bonds is 5. The monoisotopic (exact) mass is 268 g/mol. The van der Waals surface area contributed by atoms with E-state index >= 15 is 0 Å². The van der Waals surface area contributed by atoms with E-state index in [-0.39, 0.29) is 0 Å². The smallest absolute Gasteiger partial charge is 0.190 e. The molecule has 0 aromatic carbocycles. The summed E-state index contributed by atoms with van der Waals surface area (Å²) < 4.78 is 2.05. The third-order valence-corrected chi connectivity index (χ3v) is 4.86. The molecule has 0 spiro atoms. The lowest BCUT2D eigenvalue weighted by molar-refractivity contribution is 0.312. The Hall–Kier alpha value is -0.550. The van der Waals surface area contributed by atoms with E-state index in [4.69, 9.17) is 0 Å². The van der Waals surface area contributed by atoms with Crippen molar-refractivity contribution in [3.8, 4) is 0 Å². The molecule has 1 saturated carbocycles. The number of thioether (sulfide) groups is 1. The Morgan fingerprint density at radius 1 is 1.28 bits per heavy atom. The first-order chi connectivity index (χ1) is 8.66. The normalized spacial score (nSPS) is 24.4. The lowest BCUT2D eigenvalue weighted by atomic mass is 9.87. The topological polar surface area (TPSA) is 42.7 Å². The predicted molar refractivity (Wildman–Crippen MR) is 75.9 cm³/mol. The van der Waals surface area contributed by atoms with E-state index in [1.807, 2.05) is 18.5 Å². The molecule has 1 heterocycles. The maximum absolute atomic E-state index is 4.16. The first-order valence-corrected chi connectivity index (χ1v) is 7.87. The van der Waals surface area contributed by atoms with Crippen LogP contribution in [0.4, 0.5) is 0 Å². The van der Waals surface area contributed by atoms with Crippen LogP contribution in [0, 0.1) is 12.8 Å². The number of hydrogen-bond donors (Lipinski definition) is 1. The summed E-state index contributed by atoms with van der Waals surface area (Å²) >= 11 is 1.78. The van der Waals surface area contributed by atoms with Gasteiger partial charge >= 0.3 is 0 Å². The molecule has 1 fully saturated rings. The summed E-state index contributed by atoms with van der Waals surface area (Å²) in [6, 6.07) is 0.739. The van der Waals surface area contributed by atoms with Crippen molar-refractivity contribution in [2.75, 3.05) is 12.3 Å². The molecule has 0 atom stereocenters. The predicted octanol–water partition coefficient (Wildman–Crippen LogP) is 2.38. The molecule has 1 aromatic rings. The van der Waals surface area contributed by atoms with Gasteiger partial charge < -0.3 is 9.88 Å². The zero-order valence-corrected chi connectivity index (χ0v) is 12.5. The largest absolute Gasteiger partial charge is 0.313 e. The Balaban J connectivity index is 1.63. The molecule has 0 saturated heterocycles. The van der Waals surface area contributed by atoms with Crippen molar-refractivity contribution in [1.29, 1.82) is 0 Å². The van der Waals surface area contributed by atoms with E-state index in [0.29, 0.717) is 0 Å². The van der Waals surface area contributed by atoms with Crippen LogP contribution in [0.2, 0.25) is 0 Å². The van der Waals surface area contributed by atoms with Gasteiger partial charge in [-0.15, -0.1) is 10.2 Å². The van der Waals surface area contributed by atoms with Gasteiger partial charge in [-0.1, -0.05) is 18.7 Å². The first-order valence-electron chi connectivity index (χ1n) is 6.89. The summed E-state index contributed by atoms with van der Waals surface area (Å²) in [5.74, 6) is 2.98. The van der Waals surface area contributed by atoms with E-state index in [1.54, 1.807) is 11.8 Å². The average molecular weight is 268 g/mol. The van der Waals surface area contributed by atoms with Crippen LogP contribution in [0.15, 0.2) is 5.16 Å².